The molecular formula is C15H19NO. The zero-order chi connectivity index (χ0) is 12.1. The zero-order valence-electron chi connectivity index (χ0n) is 10.2. The average molecular weight is 229 g/mol. The van der Waals surface area contributed by atoms with E-state index in [4.69, 9.17) is 10.5 Å². The van der Waals surface area contributed by atoms with E-state index in [1.165, 1.54) is 5.39 Å². The second-order valence-corrected chi connectivity index (χ2v) is 4.24. The van der Waals surface area contributed by atoms with Crippen LogP contribution >= 0.6 is 0 Å². The lowest BCUT2D eigenvalue weighted by Gasteiger charge is -2.18. The Morgan fingerprint density at radius 1 is 1.12 bits per heavy atom. The molecule has 0 bridgehead atoms. The molecule has 0 aliphatic carbocycles. The van der Waals surface area contributed by atoms with Crippen molar-refractivity contribution in [1.82, 2.24) is 0 Å². The minimum atomic E-state index is 0.116. The quantitative estimate of drug-likeness (QED) is 0.853. The van der Waals surface area contributed by atoms with Gasteiger partial charge in [-0.15, -0.1) is 0 Å². The smallest absolute Gasteiger partial charge is 0.127 e. The molecule has 0 heterocycles. The fraction of sp³-hybridized carbons (Fsp3) is 0.333. The maximum Gasteiger partial charge on any atom is 0.127 e. The number of hydrogen-bond donors (Lipinski definition) is 1. The minimum Gasteiger partial charge on any atom is -0.488 e. The molecule has 2 rings (SSSR count). The summed E-state index contributed by atoms with van der Waals surface area (Å²) < 4.78 is 5.99. The van der Waals surface area contributed by atoms with Gasteiger partial charge in [-0.2, -0.15) is 0 Å². The van der Waals surface area contributed by atoms with Crippen LogP contribution in [-0.2, 0) is 0 Å². The molecule has 0 amide bonds. The van der Waals surface area contributed by atoms with Crippen LogP contribution in [0.1, 0.15) is 19.8 Å². The van der Waals surface area contributed by atoms with Crippen LogP contribution in [0.25, 0.3) is 10.8 Å². The van der Waals surface area contributed by atoms with E-state index >= 15 is 0 Å². The van der Waals surface area contributed by atoms with Gasteiger partial charge in [-0.3, -0.25) is 0 Å². The predicted octanol–water partition coefficient (Wildman–Crippen LogP) is 3.35. The molecule has 0 radical (unpaired) electrons. The van der Waals surface area contributed by atoms with Crippen LogP contribution in [0.5, 0.6) is 5.75 Å². The number of ether oxygens (including phenoxy) is 1. The lowest BCUT2D eigenvalue weighted by atomic mass is 10.1. The third kappa shape index (κ3) is 2.77. The number of nitrogens with two attached hydrogens (primary N) is 1. The zero-order valence-corrected chi connectivity index (χ0v) is 10.2. The van der Waals surface area contributed by atoms with Gasteiger partial charge in [0.05, 0.1) is 0 Å². The van der Waals surface area contributed by atoms with Gasteiger partial charge in [-0.25, -0.2) is 0 Å². The van der Waals surface area contributed by atoms with Gasteiger partial charge in [0, 0.05) is 11.9 Å². The summed E-state index contributed by atoms with van der Waals surface area (Å²) in [6, 6.07) is 14.4. The van der Waals surface area contributed by atoms with Crippen molar-refractivity contribution in [2.45, 2.75) is 25.9 Å². The average Bonchev–Trinajstić information content (AvgIpc) is 2.38. The van der Waals surface area contributed by atoms with Crippen LogP contribution in [-0.4, -0.2) is 12.6 Å². The molecule has 90 valence electrons. The van der Waals surface area contributed by atoms with Crippen molar-refractivity contribution in [3.8, 4) is 5.75 Å². The molecular weight excluding hydrogens is 210 g/mol. The maximum atomic E-state index is 5.99. The van der Waals surface area contributed by atoms with Gasteiger partial charge in [0.15, 0.2) is 0 Å². The normalized spacial score (nSPS) is 12.6. The first-order valence-corrected chi connectivity index (χ1v) is 6.19. The maximum absolute atomic E-state index is 5.99. The molecule has 2 nitrogen and oxygen atoms in total. The van der Waals surface area contributed by atoms with E-state index in [9.17, 15) is 0 Å². The van der Waals surface area contributed by atoms with E-state index in [0.717, 1.165) is 24.0 Å². The summed E-state index contributed by atoms with van der Waals surface area (Å²) in [7, 11) is 0. The number of rotatable bonds is 5. The van der Waals surface area contributed by atoms with Crippen LogP contribution in [0.4, 0.5) is 0 Å². The highest BCUT2D eigenvalue weighted by atomic mass is 16.5. The summed E-state index contributed by atoms with van der Waals surface area (Å²) in [6.45, 7) is 2.71. The molecule has 0 fully saturated rings. The first kappa shape index (κ1) is 11.9. The van der Waals surface area contributed by atoms with Crippen LogP contribution < -0.4 is 10.5 Å². The Bertz CT molecular complexity index is 476. The predicted molar refractivity (Wildman–Crippen MR) is 72.3 cm³/mol. The molecule has 0 aliphatic rings. The van der Waals surface area contributed by atoms with E-state index in [-0.39, 0.29) is 6.10 Å². The molecule has 0 saturated heterocycles. The largest absolute Gasteiger partial charge is 0.488 e. The molecule has 2 heteroatoms. The second kappa shape index (κ2) is 5.69. The van der Waals surface area contributed by atoms with Gasteiger partial charge in [-0.1, -0.05) is 49.7 Å². The Morgan fingerprint density at radius 3 is 2.65 bits per heavy atom. The summed E-state index contributed by atoms with van der Waals surface area (Å²) in [5.74, 6) is 0.937. The van der Waals surface area contributed by atoms with Gasteiger partial charge in [-0.05, 0) is 17.9 Å². The third-order valence-corrected chi connectivity index (χ3v) is 2.92. The van der Waals surface area contributed by atoms with Crippen LogP contribution in [0.2, 0.25) is 0 Å². The van der Waals surface area contributed by atoms with Crippen molar-refractivity contribution in [3.63, 3.8) is 0 Å². The second-order valence-electron chi connectivity index (χ2n) is 4.24. The van der Waals surface area contributed by atoms with Crippen LogP contribution in [0.3, 0.4) is 0 Å². The molecule has 2 aromatic carbocycles. The molecule has 1 atom stereocenters. The molecule has 0 saturated carbocycles. The van der Waals surface area contributed by atoms with Gasteiger partial charge >= 0.3 is 0 Å². The van der Waals surface area contributed by atoms with E-state index in [0.29, 0.717) is 6.54 Å². The summed E-state index contributed by atoms with van der Waals surface area (Å²) in [5.41, 5.74) is 5.73. The molecule has 0 spiro atoms. The number of benzene rings is 2. The van der Waals surface area contributed by atoms with Gasteiger partial charge in [0.25, 0.3) is 0 Å². The third-order valence-electron chi connectivity index (χ3n) is 2.92. The Balaban J connectivity index is 2.28. The van der Waals surface area contributed by atoms with E-state index < -0.39 is 0 Å². The Morgan fingerprint density at radius 2 is 1.88 bits per heavy atom. The minimum absolute atomic E-state index is 0.116. The molecule has 0 aliphatic heterocycles. The van der Waals surface area contributed by atoms with E-state index in [1.54, 1.807) is 0 Å². The molecule has 2 N–H and O–H groups in total. The van der Waals surface area contributed by atoms with Gasteiger partial charge in [0.1, 0.15) is 11.9 Å². The summed E-state index contributed by atoms with van der Waals surface area (Å²) >= 11 is 0. The first-order valence-electron chi connectivity index (χ1n) is 6.19. The number of fused-ring (bicyclic) bond motifs is 1. The standard InChI is InChI=1S/C15H19NO/c1-2-6-13(11-16)17-15-10-5-8-12-7-3-4-9-14(12)15/h3-5,7-10,13H,2,6,11,16H2,1H3. The summed E-state index contributed by atoms with van der Waals surface area (Å²) in [4.78, 5) is 0. The Labute approximate surface area is 102 Å². The van der Waals surface area contributed by atoms with E-state index in [2.05, 4.69) is 25.1 Å². The highest BCUT2D eigenvalue weighted by Gasteiger charge is 2.09. The fourth-order valence-electron chi connectivity index (χ4n) is 2.02. The van der Waals surface area contributed by atoms with Gasteiger partial charge in [0.2, 0.25) is 0 Å². The summed E-state index contributed by atoms with van der Waals surface area (Å²) in [6.07, 6.45) is 2.21. The van der Waals surface area contributed by atoms with Crippen LogP contribution in [0, 0.1) is 0 Å². The Kier molecular flexibility index (Phi) is 3.99. The van der Waals surface area contributed by atoms with Crippen molar-refractivity contribution < 1.29 is 4.74 Å². The van der Waals surface area contributed by atoms with Crippen molar-refractivity contribution >= 4 is 10.8 Å². The van der Waals surface area contributed by atoms with Crippen molar-refractivity contribution in [2.75, 3.05) is 6.54 Å². The van der Waals surface area contributed by atoms with Crippen molar-refractivity contribution in [3.05, 3.63) is 42.5 Å². The van der Waals surface area contributed by atoms with Crippen molar-refractivity contribution in [2.24, 2.45) is 5.73 Å². The highest BCUT2D eigenvalue weighted by Crippen LogP contribution is 2.26. The molecule has 1 unspecified atom stereocenters. The van der Waals surface area contributed by atoms with E-state index in [1.807, 2.05) is 24.3 Å². The molecule has 0 aromatic heterocycles. The highest BCUT2D eigenvalue weighted by molar-refractivity contribution is 5.88. The first-order chi connectivity index (χ1) is 8.35. The fourth-order valence-corrected chi connectivity index (χ4v) is 2.02. The Hall–Kier alpha value is -1.54. The SMILES string of the molecule is CCCC(CN)Oc1cccc2ccccc12. The lowest BCUT2D eigenvalue weighted by molar-refractivity contribution is 0.200. The number of hydrogen-bond acceptors (Lipinski definition) is 2. The summed E-state index contributed by atoms with van der Waals surface area (Å²) in [5, 5.41) is 2.36. The molecule has 2 aromatic rings. The van der Waals surface area contributed by atoms with Gasteiger partial charge < -0.3 is 10.5 Å². The topological polar surface area (TPSA) is 35.2 Å². The monoisotopic (exact) mass is 229 g/mol. The van der Waals surface area contributed by atoms with Crippen LogP contribution in [0.15, 0.2) is 42.5 Å². The van der Waals surface area contributed by atoms with Crippen molar-refractivity contribution in [1.29, 1.82) is 0 Å². The lowest BCUT2D eigenvalue weighted by Crippen LogP contribution is -2.26. The molecule has 17 heavy (non-hydrogen) atoms.